The standard InChI is InChI=1S/C39H44N2O5S/c1-5-34(29-12-7-6-8-13-29)39(31-16-20-33(21-17-31)47-25-11-24-40-22-9-10-23-40)30-14-18-32(19-15-30)46-28(2)35-26-37(44-3)38(45-4)27-36(35)41(42)43/h6-8,12-21,26-28H,5,9-11,22-25H2,1-4H3/b39-34-. The topological polar surface area (TPSA) is 74.1 Å². The molecule has 0 amide bonds. The van der Waals surface area contributed by atoms with Crippen LogP contribution in [0.5, 0.6) is 17.2 Å². The number of thioether (sulfide) groups is 1. The molecule has 1 fully saturated rings. The van der Waals surface area contributed by atoms with E-state index in [1.54, 1.807) is 13.0 Å². The third kappa shape index (κ3) is 8.56. The van der Waals surface area contributed by atoms with Gasteiger partial charge >= 0.3 is 0 Å². The Bertz CT molecular complexity index is 1650. The summed E-state index contributed by atoms with van der Waals surface area (Å²) in [4.78, 5) is 15.3. The van der Waals surface area contributed by atoms with Crippen LogP contribution in [-0.4, -0.2) is 49.4 Å². The minimum absolute atomic E-state index is 0.0827. The largest absolute Gasteiger partial charge is 0.493 e. The van der Waals surface area contributed by atoms with Crippen molar-refractivity contribution in [1.82, 2.24) is 4.90 Å². The quantitative estimate of drug-likeness (QED) is 0.0416. The second-order valence-corrected chi connectivity index (χ2v) is 12.8. The van der Waals surface area contributed by atoms with Gasteiger partial charge in [0.1, 0.15) is 11.9 Å². The van der Waals surface area contributed by atoms with Crippen molar-refractivity contribution >= 4 is 28.6 Å². The second kappa shape index (κ2) is 16.5. The van der Waals surface area contributed by atoms with Gasteiger partial charge in [-0.2, -0.15) is 0 Å². The molecule has 1 atom stereocenters. The highest BCUT2D eigenvalue weighted by molar-refractivity contribution is 7.99. The number of hydrogen-bond acceptors (Lipinski definition) is 7. The fourth-order valence-corrected chi connectivity index (χ4v) is 7.06. The van der Waals surface area contributed by atoms with Crippen molar-refractivity contribution in [2.24, 2.45) is 0 Å². The molecule has 8 heteroatoms. The summed E-state index contributed by atoms with van der Waals surface area (Å²) < 4.78 is 16.9. The Morgan fingerprint density at radius 1 is 0.872 bits per heavy atom. The summed E-state index contributed by atoms with van der Waals surface area (Å²) in [5, 5.41) is 11.9. The summed E-state index contributed by atoms with van der Waals surface area (Å²) in [6.45, 7) is 7.69. The van der Waals surface area contributed by atoms with E-state index in [0.717, 1.165) is 23.3 Å². The van der Waals surface area contributed by atoms with Crippen molar-refractivity contribution in [3.05, 3.63) is 123 Å². The van der Waals surface area contributed by atoms with Gasteiger partial charge in [0.25, 0.3) is 5.69 Å². The van der Waals surface area contributed by atoms with Crippen molar-refractivity contribution in [3.8, 4) is 17.2 Å². The summed E-state index contributed by atoms with van der Waals surface area (Å²) in [7, 11) is 2.96. The number of allylic oxidation sites excluding steroid dienone is 1. The van der Waals surface area contributed by atoms with Crippen molar-refractivity contribution in [3.63, 3.8) is 0 Å². The number of ether oxygens (including phenoxy) is 3. The molecule has 0 saturated carbocycles. The molecule has 0 bridgehead atoms. The zero-order valence-corrected chi connectivity index (χ0v) is 28.6. The SMILES string of the molecule is CC/C(=C(\c1ccc(OC(C)c2cc(OC)c(OC)cc2[N+](=O)[O-])cc1)c1ccc(SCCCN2CCCC2)cc1)c1ccccc1. The monoisotopic (exact) mass is 652 g/mol. The number of methoxy groups -OCH3 is 2. The highest BCUT2D eigenvalue weighted by Crippen LogP contribution is 2.40. The van der Waals surface area contributed by atoms with E-state index in [4.69, 9.17) is 14.2 Å². The molecule has 4 aromatic rings. The third-order valence-electron chi connectivity index (χ3n) is 8.63. The molecular formula is C39H44N2O5S. The number of hydrogen-bond donors (Lipinski definition) is 0. The summed E-state index contributed by atoms with van der Waals surface area (Å²) in [6, 6.07) is 30.5. The van der Waals surface area contributed by atoms with Gasteiger partial charge in [-0.1, -0.05) is 61.5 Å². The maximum atomic E-state index is 11.9. The molecule has 0 spiro atoms. The molecule has 1 saturated heterocycles. The van der Waals surface area contributed by atoms with E-state index in [9.17, 15) is 10.1 Å². The van der Waals surface area contributed by atoms with E-state index in [0.29, 0.717) is 22.8 Å². The first-order valence-corrected chi connectivity index (χ1v) is 17.3. The normalized spacial score (nSPS) is 14.4. The molecule has 4 aromatic carbocycles. The predicted octanol–water partition coefficient (Wildman–Crippen LogP) is 9.70. The van der Waals surface area contributed by atoms with E-state index in [1.165, 1.54) is 80.8 Å². The van der Waals surface area contributed by atoms with Crippen LogP contribution in [-0.2, 0) is 0 Å². The Kier molecular flexibility index (Phi) is 12.0. The van der Waals surface area contributed by atoms with E-state index in [1.807, 2.05) is 30.0 Å². The van der Waals surface area contributed by atoms with E-state index >= 15 is 0 Å². The van der Waals surface area contributed by atoms with E-state index < -0.39 is 11.0 Å². The lowest BCUT2D eigenvalue weighted by Crippen LogP contribution is -2.20. The van der Waals surface area contributed by atoms with Gasteiger partial charge in [-0.25, -0.2) is 0 Å². The highest BCUT2D eigenvalue weighted by atomic mass is 32.2. The molecule has 0 aliphatic carbocycles. The molecule has 7 nitrogen and oxygen atoms in total. The van der Waals surface area contributed by atoms with Crippen LogP contribution in [0.2, 0.25) is 0 Å². The van der Waals surface area contributed by atoms with Gasteiger partial charge in [0, 0.05) is 4.90 Å². The Hall–Kier alpha value is -4.27. The van der Waals surface area contributed by atoms with Crippen LogP contribution in [0, 0.1) is 10.1 Å². The second-order valence-electron chi connectivity index (χ2n) is 11.7. The van der Waals surface area contributed by atoms with Crippen molar-refractivity contribution in [2.45, 2.75) is 50.5 Å². The fraction of sp³-hybridized carbons (Fsp3) is 0.333. The lowest BCUT2D eigenvalue weighted by molar-refractivity contribution is -0.386. The van der Waals surface area contributed by atoms with Crippen LogP contribution < -0.4 is 14.2 Å². The maximum absolute atomic E-state index is 11.9. The number of rotatable bonds is 15. The van der Waals surface area contributed by atoms with Gasteiger partial charge in [-0.05, 0) is 116 Å². The van der Waals surface area contributed by atoms with Crippen LogP contribution in [0.4, 0.5) is 5.69 Å². The Balaban J connectivity index is 1.39. The smallest absolute Gasteiger partial charge is 0.280 e. The average Bonchev–Trinajstić information content (AvgIpc) is 3.63. The van der Waals surface area contributed by atoms with Crippen LogP contribution in [0.25, 0.3) is 11.1 Å². The van der Waals surface area contributed by atoms with Crippen LogP contribution >= 0.6 is 11.8 Å². The number of likely N-dealkylation sites (tertiary alicyclic amines) is 1. The summed E-state index contributed by atoms with van der Waals surface area (Å²) in [5.41, 5.74) is 6.20. The first-order valence-electron chi connectivity index (χ1n) is 16.3. The van der Waals surface area contributed by atoms with Gasteiger partial charge in [-0.15, -0.1) is 11.8 Å². The lowest BCUT2D eigenvalue weighted by Gasteiger charge is -2.19. The van der Waals surface area contributed by atoms with E-state index in [2.05, 4.69) is 72.5 Å². The predicted molar refractivity (Wildman–Crippen MR) is 192 cm³/mol. The minimum atomic E-state index is -0.605. The minimum Gasteiger partial charge on any atom is -0.493 e. The first kappa shape index (κ1) is 34.1. The third-order valence-corrected chi connectivity index (χ3v) is 9.73. The molecule has 0 N–H and O–H groups in total. The van der Waals surface area contributed by atoms with Gasteiger partial charge in [0.2, 0.25) is 0 Å². The zero-order chi connectivity index (χ0) is 33.2. The molecule has 5 rings (SSSR count). The molecule has 1 aliphatic rings. The van der Waals surface area contributed by atoms with Crippen molar-refractivity contribution in [1.29, 1.82) is 0 Å². The van der Waals surface area contributed by atoms with Crippen LogP contribution in [0.3, 0.4) is 0 Å². The van der Waals surface area contributed by atoms with Crippen molar-refractivity contribution < 1.29 is 19.1 Å². The number of nitro groups is 1. The molecule has 1 heterocycles. The molecule has 0 aromatic heterocycles. The highest BCUT2D eigenvalue weighted by Gasteiger charge is 2.25. The molecule has 1 aliphatic heterocycles. The zero-order valence-electron chi connectivity index (χ0n) is 27.7. The fourth-order valence-electron chi connectivity index (χ4n) is 6.22. The van der Waals surface area contributed by atoms with Crippen LogP contribution in [0.1, 0.15) is 67.9 Å². The van der Waals surface area contributed by atoms with Gasteiger partial charge < -0.3 is 19.1 Å². The summed E-state index contributed by atoms with van der Waals surface area (Å²) >= 11 is 1.93. The van der Waals surface area contributed by atoms with Gasteiger partial charge in [-0.3, -0.25) is 10.1 Å². The summed E-state index contributed by atoms with van der Waals surface area (Å²) in [5.74, 6) is 2.44. The Morgan fingerprint density at radius 3 is 2.09 bits per heavy atom. The van der Waals surface area contributed by atoms with Gasteiger partial charge in [0.05, 0.1) is 30.8 Å². The Labute approximate surface area is 282 Å². The molecular weight excluding hydrogens is 609 g/mol. The molecule has 47 heavy (non-hydrogen) atoms. The Morgan fingerprint density at radius 2 is 1.49 bits per heavy atom. The molecule has 0 radical (unpaired) electrons. The molecule has 246 valence electrons. The van der Waals surface area contributed by atoms with Crippen molar-refractivity contribution in [2.75, 3.05) is 39.6 Å². The van der Waals surface area contributed by atoms with E-state index in [-0.39, 0.29) is 5.69 Å². The molecule has 1 unspecified atom stereocenters. The van der Waals surface area contributed by atoms with Crippen LogP contribution in [0.15, 0.2) is 95.9 Å². The summed E-state index contributed by atoms with van der Waals surface area (Å²) in [6.07, 6.45) is 4.15. The maximum Gasteiger partial charge on any atom is 0.280 e. The van der Waals surface area contributed by atoms with Gasteiger partial charge in [0.15, 0.2) is 11.5 Å². The lowest BCUT2D eigenvalue weighted by atomic mass is 9.88. The number of nitro benzene ring substituents is 1. The average molecular weight is 653 g/mol. The number of benzene rings is 4. The number of nitrogens with zero attached hydrogens (tertiary/aromatic N) is 2. The first-order chi connectivity index (χ1) is 22.9.